The average molecular weight is 465 g/mol. The third kappa shape index (κ3) is 3.69. The van der Waals surface area contributed by atoms with E-state index in [1.54, 1.807) is 27.3 Å². The lowest BCUT2D eigenvalue weighted by Gasteiger charge is -2.18. The van der Waals surface area contributed by atoms with Crippen molar-refractivity contribution in [3.8, 4) is 6.07 Å². The minimum atomic E-state index is -0.999. The predicted molar refractivity (Wildman–Crippen MR) is 135 cm³/mol. The van der Waals surface area contributed by atoms with Crippen molar-refractivity contribution in [2.45, 2.75) is 32.4 Å². The molecule has 2 N–H and O–H groups in total. The zero-order chi connectivity index (χ0) is 24.7. The van der Waals surface area contributed by atoms with E-state index in [1.165, 1.54) is 0 Å². The van der Waals surface area contributed by atoms with Crippen LogP contribution in [0.15, 0.2) is 77.7 Å². The topological polar surface area (TPSA) is 104 Å². The third-order valence-electron chi connectivity index (χ3n) is 6.68. The second-order valence-electron chi connectivity index (χ2n) is 8.78. The highest BCUT2D eigenvalue weighted by Gasteiger charge is 2.27. The number of hydrogen-bond donors (Lipinski definition) is 2. The molecule has 35 heavy (non-hydrogen) atoms. The number of aromatic amines is 1. The van der Waals surface area contributed by atoms with Gasteiger partial charge in [0, 0.05) is 22.7 Å². The van der Waals surface area contributed by atoms with Crippen LogP contribution in [0.3, 0.4) is 0 Å². The molecule has 0 bridgehead atoms. The first-order chi connectivity index (χ1) is 16.9. The summed E-state index contributed by atoms with van der Waals surface area (Å²) in [5.74, 6) is -0.999. The van der Waals surface area contributed by atoms with Crippen LogP contribution in [0.2, 0.25) is 0 Å². The van der Waals surface area contributed by atoms with E-state index < -0.39 is 12.0 Å². The van der Waals surface area contributed by atoms with Crippen molar-refractivity contribution in [3.05, 3.63) is 106 Å². The Hall–Kier alpha value is -4.57. The summed E-state index contributed by atoms with van der Waals surface area (Å²) in [6.07, 6.45) is 1.67. The van der Waals surface area contributed by atoms with Gasteiger partial charge in [-0.25, -0.2) is 4.79 Å². The molecule has 0 aliphatic carbocycles. The lowest BCUT2D eigenvalue weighted by Crippen LogP contribution is -2.31. The van der Waals surface area contributed by atoms with Gasteiger partial charge in [0.05, 0.1) is 41.2 Å². The smallest absolute Gasteiger partial charge is 0.330 e. The molecule has 2 aromatic heterocycles. The van der Waals surface area contributed by atoms with Gasteiger partial charge in [0.1, 0.15) is 0 Å². The summed E-state index contributed by atoms with van der Waals surface area (Å²) in [6.45, 7) is 3.98. The van der Waals surface area contributed by atoms with Crippen molar-refractivity contribution in [2.75, 3.05) is 0 Å². The van der Waals surface area contributed by atoms with Crippen LogP contribution in [0.4, 0.5) is 0 Å². The van der Waals surface area contributed by atoms with Crippen molar-refractivity contribution < 1.29 is 9.90 Å². The maximum Gasteiger partial charge on any atom is 0.330 e. The Balaban J connectivity index is 1.80. The molecule has 0 amide bonds. The highest BCUT2D eigenvalue weighted by molar-refractivity contribution is 5.87. The average Bonchev–Trinajstić information content (AvgIpc) is 3.42. The van der Waals surface area contributed by atoms with Gasteiger partial charge < -0.3 is 10.1 Å². The second kappa shape index (κ2) is 8.65. The fourth-order valence-corrected chi connectivity index (χ4v) is 5.05. The van der Waals surface area contributed by atoms with Crippen LogP contribution >= 0.6 is 0 Å². The number of nitrogens with zero attached hydrogens (tertiary/aromatic N) is 3. The van der Waals surface area contributed by atoms with E-state index in [9.17, 15) is 20.0 Å². The summed E-state index contributed by atoms with van der Waals surface area (Å²) in [5.41, 5.74) is 5.05. The van der Waals surface area contributed by atoms with Crippen molar-refractivity contribution in [3.63, 3.8) is 0 Å². The van der Waals surface area contributed by atoms with E-state index in [1.807, 2.05) is 68.6 Å². The Morgan fingerprint density at radius 2 is 1.83 bits per heavy atom. The summed E-state index contributed by atoms with van der Waals surface area (Å²) in [6, 6.07) is 21.4. The molecule has 0 spiro atoms. The van der Waals surface area contributed by atoms with Crippen LogP contribution < -0.4 is 5.69 Å². The number of nitriles is 1. The molecule has 0 aliphatic rings. The fourth-order valence-electron chi connectivity index (χ4n) is 5.05. The molecule has 2 unspecified atom stereocenters. The molecule has 7 heteroatoms. The Morgan fingerprint density at radius 3 is 2.54 bits per heavy atom. The molecule has 2 heterocycles. The predicted octanol–water partition coefficient (Wildman–Crippen LogP) is 5.14. The number of aromatic nitrogens is 3. The van der Waals surface area contributed by atoms with E-state index in [0.717, 1.165) is 27.6 Å². The maximum atomic E-state index is 14.1. The Kier molecular flexibility index (Phi) is 5.50. The molecular formula is C28H24N4O3. The molecule has 2 atom stereocenters. The summed E-state index contributed by atoms with van der Waals surface area (Å²) in [7, 11) is 0. The van der Waals surface area contributed by atoms with Gasteiger partial charge in [-0.1, -0.05) is 42.5 Å². The summed E-state index contributed by atoms with van der Waals surface area (Å²) < 4.78 is 3.22. The number of fused-ring (bicyclic) bond motifs is 2. The summed E-state index contributed by atoms with van der Waals surface area (Å²) in [5, 5.41) is 20.3. The van der Waals surface area contributed by atoms with E-state index in [0.29, 0.717) is 16.6 Å². The number of carboxylic acid groups (broad SMARTS) is 1. The molecule has 0 saturated heterocycles. The Bertz CT molecular complexity index is 1670. The first kappa shape index (κ1) is 22.2. The van der Waals surface area contributed by atoms with E-state index >= 15 is 0 Å². The number of benzene rings is 3. The van der Waals surface area contributed by atoms with Crippen LogP contribution in [0, 0.1) is 18.3 Å². The number of H-pyrrole nitrogens is 1. The Morgan fingerprint density at radius 1 is 1.06 bits per heavy atom. The third-order valence-corrected chi connectivity index (χ3v) is 6.68. The number of nitrogens with one attached hydrogen (secondary N) is 1. The minimum absolute atomic E-state index is 0.246. The summed E-state index contributed by atoms with van der Waals surface area (Å²) in [4.78, 5) is 29.2. The van der Waals surface area contributed by atoms with Gasteiger partial charge in [-0.2, -0.15) is 5.26 Å². The highest BCUT2D eigenvalue weighted by Crippen LogP contribution is 2.33. The van der Waals surface area contributed by atoms with Gasteiger partial charge in [-0.05, 0) is 49.2 Å². The van der Waals surface area contributed by atoms with Crippen molar-refractivity contribution >= 4 is 27.9 Å². The number of hydrogen-bond acceptors (Lipinski definition) is 3. The largest absolute Gasteiger partial charge is 0.481 e. The second-order valence-corrected chi connectivity index (χ2v) is 8.78. The van der Waals surface area contributed by atoms with Gasteiger partial charge in [0.15, 0.2) is 0 Å². The molecule has 5 rings (SSSR count). The number of aryl methyl sites for hydroxylation is 1. The zero-order valence-corrected chi connectivity index (χ0v) is 19.4. The molecule has 5 aromatic rings. The molecule has 174 valence electrons. The van der Waals surface area contributed by atoms with Crippen LogP contribution in [-0.4, -0.2) is 25.2 Å². The zero-order valence-electron chi connectivity index (χ0n) is 19.4. The van der Waals surface area contributed by atoms with Gasteiger partial charge in [-0.3, -0.25) is 13.9 Å². The molecule has 0 aliphatic heterocycles. The van der Waals surface area contributed by atoms with Gasteiger partial charge in [0.2, 0.25) is 0 Å². The SMILES string of the molecule is Cc1cccc2[nH]cc(C(C)n3c(=O)n(C(CC(=O)O)c4ccccc4)c4ccc(C#N)cc43)c12. The number of rotatable bonds is 6. The van der Waals surface area contributed by atoms with Crippen LogP contribution in [0.5, 0.6) is 0 Å². The molecule has 0 fully saturated rings. The number of imidazole rings is 1. The first-order valence-corrected chi connectivity index (χ1v) is 11.4. The lowest BCUT2D eigenvalue weighted by molar-refractivity contribution is -0.137. The monoisotopic (exact) mass is 464 g/mol. The van der Waals surface area contributed by atoms with Crippen molar-refractivity contribution in [1.29, 1.82) is 5.26 Å². The maximum absolute atomic E-state index is 14.1. The van der Waals surface area contributed by atoms with Crippen LogP contribution in [0.25, 0.3) is 21.9 Å². The van der Waals surface area contributed by atoms with E-state index in [2.05, 4.69) is 11.1 Å². The van der Waals surface area contributed by atoms with Gasteiger partial charge in [0.25, 0.3) is 0 Å². The molecule has 7 nitrogen and oxygen atoms in total. The quantitative estimate of drug-likeness (QED) is 0.363. The number of carboxylic acids is 1. The number of aliphatic carboxylic acids is 1. The number of carbonyl (C=O) groups is 1. The van der Waals surface area contributed by atoms with E-state index in [-0.39, 0.29) is 18.2 Å². The first-order valence-electron chi connectivity index (χ1n) is 11.4. The van der Waals surface area contributed by atoms with Gasteiger partial charge in [-0.15, -0.1) is 0 Å². The van der Waals surface area contributed by atoms with Crippen molar-refractivity contribution in [1.82, 2.24) is 14.1 Å². The van der Waals surface area contributed by atoms with Gasteiger partial charge >= 0.3 is 11.7 Å². The Labute approximate surface area is 201 Å². The molecule has 0 radical (unpaired) electrons. The van der Waals surface area contributed by atoms with Crippen molar-refractivity contribution in [2.24, 2.45) is 0 Å². The molecule has 0 saturated carbocycles. The lowest BCUT2D eigenvalue weighted by atomic mass is 10.0. The normalized spacial score (nSPS) is 13.1. The highest BCUT2D eigenvalue weighted by atomic mass is 16.4. The fraction of sp³-hybridized carbons (Fsp3) is 0.179. The summed E-state index contributed by atoms with van der Waals surface area (Å²) >= 11 is 0. The van der Waals surface area contributed by atoms with Crippen LogP contribution in [0.1, 0.15) is 47.7 Å². The molecular weight excluding hydrogens is 440 g/mol. The standard InChI is InChI=1S/C28H24N4O3/c1-17-7-6-10-22-27(17)21(16-30-22)18(2)31-25-13-19(15-29)11-12-23(25)32(28(31)35)24(14-26(33)34)20-8-4-3-5-9-20/h3-13,16,18,24,30H,14H2,1-2H3,(H,33,34). The van der Waals surface area contributed by atoms with Crippen LogP contribution in [-0.2, 0) is 4.79 Å². The molecule has 3 aromatic carbocycles. The van der Waals surface area contributed by atoms with E-state index in [4.69, 9.17) is 0 Å². The minimum Gasteiger partial charge on any atom is -0.481 e.